The van der Waals surface area contributed by atoms with E-state index in [0.717, 1.165) is 24.9 Å². The predicted molar refractivity (Wildman–Crippen MR) is 75.9 cm³/mol. The lowest BCUT2D eigenvalue weighted by atomic mass is 10.2. The van der Waals surface area contributed by atoms with Crippen molar-refractivity contribution in [2.45, 2.75) is 38.6 Å². The molecule has 3 N–H and O–H groups in total. The lowest BCUT2D eigenvalue weighted by Crippen LogP contribution is -2.31. The summed E-state index contributed by atoms with van der Waals surface area (Å²) in [5, 5.41) is 21.9. The minimum Gasteiger partial charge on any atom is -0.393 e. The van der Waals surface area contributed by atoms with E-state index in [-0.39, 0.29) is 6.10 Å². The molecule has 0 fully saturated rings. The lowest BCUT2D eigenvalue weighted by Gasteiger charge is -2.12. The summed E-state index contributed by atoms with van der Waals surface area (Å²) in [6.45, 7) is 3.97. The van der Waals surface area contributed by atoms with Gasteiger partial charge in [-0.2, -0.15) is 0 Å². The smallest absolute Gasteiger partial charge is 0.0897 e. The Morgan fingerprint density at radius 3 is 2.63 bits per heavy atom. The third-order valence-electron chi connectivity index (χ3n) is 2.78. The van der Waals surface area contributed by atoms with Crippen molar-refractivity contribution < 1.29 is 14.9 Å². The van der Waals surface area contributed by atoms with Crippen molar-refractivity contribution in [1.29, 1.82) is 0 Å². The lowest BCUT2D eigenvalue weighted by molar-refractivity contribution is 0.0288. The zero-order chi connectivity index (χ0) is 13.9. The highest BCUT2D eigenvalue weighted by Crippen LogP contribution is 2.00. The summed E-state index contributed by atoms with van der Waals surface area (Å²) in [5.74, 6) is 0. The van der Waals surface area contributed by atoms with E-state index in [9.17, 15) is 5.11 Å². The number of nitrogens with one attached hydrogen (secondary N) is 1. The maximum Gasteiger partial charge on any atom is 0.0897 e. The van der Waals surface area contributed by atoms with Gasteiger partial charge in [0.2, 0.25) is 0 Å². The molecule has 0 aliphatic heterocycles. The zero-order valence-corrected chi connectivity index (χ0v) is 11.6. The molecule has 19 heavy (non-hydrogen) atoms. The second kappa shape index (κ2) is 9.92. The van der Waals surface area contributed by atoms with Crippen LogP contribution >= 0.6 is 0 Å². The Hall–Kier alpha value is -0.940. The Morgan fingerprint density at radius 2 is 1.95 bits per heavy atom. The Labute approximate surface area is 115 Å². The molecule has 2 atom stereocenters. The van der Waals surface area contributed by atoms with E-state index < -0.39 is 6.10 Å². The van der Waals surface area contributed by atoms with Crippen LogP contribution in [0.25, 0.3) is 0 Å². The van der Waals surface area contributed by atoms with Gasteiger partial charge in [-0.3, -0.25) is 0 Å². The van der Waals surface area contributed by atoms with Gasteiger partial charge < -0.3 is 20.3 Å². The number of aliphatic hydroxyl groups is 2. The van der Waals surface area contributed by atoms with Crippen LogP contribution in [0.5, 0.6) is 0 Å². The minimum atomic E-state index is -0.490. The first-order valence-electron chi connectivity index (χ1n) is 6.87. The molecule has 108 valence electrons. The van der Waals surface area contributed by atoms with Crippen LogP contribution in [0.3, 0.4) is 0 Å². The molecule has 0 spiro atoms. The maximum absolute atomic E-state index is 9.70. The van der Waals surface area contributed by atoms with Crippen LogP contribution in [-0.4, -0.2) is 42.1 Å². The highest BCUT2D eigenvalue weighted by atomic mass is 16.5. The van der Waals surface area contributed by atoms with Crippen LogP contribution in [0.2, 0.25) is 0 Å². The number of hydrogen-bond donors (Lipinski definition) is 3. The number of hydrogen-bond acceptors (Lipinski definition) is 4. The van der Waals surface area contributed by atoms with Crippen LogP contribution in [-0.2, 0) is 11.3 Å². The number of aliphatic hydroxyl groups excluding tert-OH is 2. The first kappa shape index (κ1) is 16.1. The average molecular weight is 267 g/mol. The molecule has 0 aliphatic carbocycles. The topological polar surface area (TPSA) is 61.7 Å². The third kappa shape index (κ3) is 8.72. The summed E-state index contributed by atoms with van der Waals surface area (Å²) >= 11 is 0. The molecule has 1 rings (SSSR count). The molecular formula is C15H25NO3. The van der Waals surface area contributed by atoms with Crippen LogP contribution in [0.15, 0.2) is 30.3 Å². The predicted octanol–water partition coefficient (Wildman–Crippen LogP) is 1.31. The summed E-state index contributed by atoms with van der Waals surface area (Å²) in [6, 6.07) is 9.91. The Bertz CT molecular complexity index is 316. The Morgan fingerprint density at radius 1 is 1.21 bits per heavy atom. The summed E-state index contributed by atoms with van der Waals surface area (Å²) in [6.07, 6.45) is 0.958. The van der Waals surface area contributed by atoms with E-state index in [4.69, 9.17) is 9.84 Å². The van der Waals surface area contributed by atoms with Crippen molar-refractivity contribution in [2.24, 2.45) is 0 Å². The molecule has 0 radical (unpaired) electrons. The van der Waals surface area contributed by atoms with Gasteiger partial charge in [-0.1, -0.05) is 30.3 Å². The van der Waals surface area contributed by atoms with E-state index in [0.29, 0.717) is 19.8 Å². The molecule has 0 saturated carbocycles. The highest BCUT2D eigenvalue weighted by molar-refractivity contribution is 5.13. The quantitative estimate of drug-likeness (QED) is 0.559. The molecule has 4 nitrogen and oxygen atoms in total. The Kier molecular flexibility index (Phi) is 8.41. The normalized spacial score (nSPS) is 14.3. The molecule has 2 unspecified atom stereocenters. The van der Waals surface area contributed by atoms with Gasteiger partial charge >= 0.3 is 0 Å². The number of rotatable bonds is 10. The molecule has 0 bridgehead atoms. The second-order valence-corrected chi connectivity index (χ2v) is 4.85. The highest BCUT2D eigenvalue weighted by Gasteiger charge is 2.04. The first-order valence-corrected chi connectivity index (χ1v) is 6.87. The molecule has 1 aromatic rings. The van der Waals surface area contributed by atoms with Gasteiger partial charge in [-0.05, 0) is 31.9 Å². The van der Waals surface area contributed by atoms with Gasteiger partial charge in [0, 0.05) is 6.54 Å². The van der Waals surface area contributed by atoms with E-state index >= 15 is 0 Å². The van der Waals surface area contributed by atoms with Crippen LogP contribution < -0.4 is 5.32 Å². The standard InChI is InChI=1S/C15H25NO3/c1-13(17)6-5-9-16-10-15(18)12-19-11-14-7-3-2-4-8-14/h2-4,7-8,13,15-18H,5-6,9-12H2,1H3. The van der Waals surface area contributed by atoms with Crippen LogP contribution in [0.1, 0.15) is 25.3 Å². The van der Waals surface area contributed by atoms with E-state index in [2.05, 4.69) is 5.32 Å². The van der Waals surface area contributed by atoms with Crippen molar-refractivity contribution in [3.05, 3.63) is 35.9 Å². The summed E-state index contributed by atoms with van der Waals surface area (Å²) < 4.78 is 5.45. The number of ether oxygens (including phenoxy) is 1. The van der Waals surface area contributed by atoms with E-state index in [1.165, 1.54) is 0 Å². The molecule has 0 saturated heterocycles. The van der Waals surface area contributed by atoms with Gasteiger partial charge in [0.1, 0.15) is 0 Å². The molecule has 0 aromatic heterocycles. The van der Waals surface area contributed by atoms with Gasteiger partial charge in [-0.15, -0.1) is 0 Å². The first-order chi connectivity index (χ1) is 9.18. The summed E-state index contributed by atoms with van der Waals surface area (Å²) in [7, 11) is 0. The van der Waals surface area contributed by atoms with Gasteiger partial charge in [0.05, 0.1) is 25.4 Å². The fraction of sp³-hybridized carbons (Fsp3) is 0.600. The zero-order valence-electron chi connectivity index (χ0n) is 11.6. The average Bonchev–Trinajstić information content (AvgIpc) is 2.39. The Balaban J connectivity index is 1.97. The van der Waals surface area contributed by atoms with Gasteiger partial charge in [0.25, 0.3) is 0 Å². The van der Waals surface area contributed by atoms with Gasteiger partial charge in [0.15, 0.2) is 0 Å². The number of benzene rings is 1. The van der Waals surface area contributed by atoms with Crippen molar-refractivity contribution in [3.63, 3.8) is 0 Å². The van der Waals surface area contributed by atoms with Crippen molar-refractivity contribution >= 4 is 0 Å². The molecule has 0 amide bonds. The second-order valence-electron chi connectivity index (χ2n) is 4.85. The van der Waals surface area contributed by atoms with Gasteiger partial charge in [-0.25, -0.2) is 0 Å². The summed E-state index contributed by atoms with van der Waals surface area (Å²) in [5.41, 5.74) is 1.11. The van der Waals surface area contributed by atoms with E-state index in [1.807, 2.05) is 30.3 Å². The van der Waals surface area contributed by atoms with Crippen molar-refractivity contribution in [3.8, 4) is 0 Å². The summed E-state index contributed by atoms with van der Waals surface area (Å²) in [4.78, 5) is 0. The molecule has 4 heteroatoms. The van der Waals surface area contributed by atoms with Crippen molar-refractivity contribution in [1.82, 2.24) is 5.32 Å². The fourth-order valence-corrected chi connectivity index (χ4v) is 1.74. The molecular weight excluding hydrogens is 242 g/mol. The SMILES string of the molecule is CC(O)CCCNCC(O)COCc1ccccc1. The van der Waals surface area contributed by atoms with Crippen LogP contribution in [0, 0.1) is 0 Å². The van der Waals surface area contributed by atoms with Crippen LogP contribution in [0.4, 0.5) is 0 Å². The monoisotopic (exact) mass is 267 g/mol. The molecule has 0 heterocycles. The third-order valence-corrected chi connectivity index (χ3v) is 2.78. The molecule has 0 aliphatic rings. The fourth-order valence-electron chi connectivity index (χ4n) is 1.74. The van der Waals surface area contributed by atoms with Crippen molar-refractivity contribution in [2.75, 3.05) is 19.7 Å². The van der Waals surface area contributed by atoms with E-state index in [1.54, 1.807) is 6.92 Å². The minimum absolute atomic E-state index is 0.249. The molecule has 1 aromatic carbocycles. The largest absolute Gasteiger partial charge is 0.393 e. The maximum atomic E-state index is 9.70.